The van der Waals surface area contributed by atoms with Gasteiger partial charge in [0.25, 0.3) is 0 Å². The molecular formula is C14H23N3. The molecule has 0 bridgehead atoms. The molecule has 0 spiro atoms. The summed E-state index contributed by atoms with van der Waals surface area (Å²) in [6.07, 6.45) is 9.56. The number of nitrogens with zero attached hydrogens (tertiary/aromatic N) is 2. The Morgan fingerprint density at radius 3 is 2.88 bits per heavy atom. The number of hydrogen-bond donors (Lipinski definition) is 1. The van der Waals surface area contributed by atoms with Crippen LogP contribution in [-0.4, -0.2) is 15.1 Å². The average molecular weight is 233 g/mol. The number of imidazole rings is 1. The summed E-state index contributed by atoms with van der Waals surface area (Å²) in [5, 5.41) is 0. The minimum Gasteiger partial charge on any atom is -0.332 e. The molecule has 3 heteroatoms. The van der Waals surface area contributed by atoms with Crippen LogP contribution in [0.4, 0.5) is 0 Å². The summed E-state index contributed by atoms with van der Waals surface area (Å²) in [5.74, 6) is 1.32. The number of rotatable bonds is 4. The highest BCUT2D eigenvalue weighted by Crippen LogP contribution is 2.37. The molecule has 3 rings (SSSR count). The summed E-state index contributed by atoms with van der Waals surface area (Å²) in [6, 6.07) is 0. The predicted octanol–water partition coefficient (Wildman–Crippen LogP) is 2.21. The Labute approximate surface area is 103 Å². The van der Waals surface area contributed by atoms with Crippen molar-refractivity contribution in [2.24, 2.45) is 5.73 Å². The van der Waals surface area contributed by atoms with Gasteiger partial charge in [0.1, 0.15) is 5.82 Å². The summed E-state index contributed by atoms with van der Waals surface area (Å²) < 4.78 is 2.48. The van der Waals surface area contributed by atoms with Gasteiger partial charge in [-0.15, -0.1) is 0 Å². The number of aryl methyl sites for hydroxylation is 2. The molecule has 0 radical (unpaired) electrons. The van der Waals surface area contributed by atoms with Gasteiger partial charge in [-0.1, -0.05) is 6.92 Å². The molecule has 0 atom stereocenters. The second-order valence-electron chi connectivity index (χ2n) is 5.75. The predicted molar refractivity (Wildman–Crippen MR) is 69.0 cm³/mol. The maximum Gasteiger partial charge on any atom is 0.109 e. The van der Waals surface area contributed by atoms with Crippen LogP contribution in [0.2, 0.25) is 0 Å². The fourth-order valence-corrected chi connectivity index (χ4v) is 2.94. The van der Waals surface area contributed by atoms with Crippen LogP contribution in [0, 0.1) is 0 Å². The van der Waals surface area contributed by atoms with E-state index in [4.69, 9.17) is 10.7 Å². The van der Waals surface area contributed by atoms with Crippen LogP contribution in [0.25, 0.3) is 0 Å². The lowest BCUT2D eigenvalue weighted by Gasteiger charge is -2.17. The summed E-state index contributed by atoms with van der Waals surface area (Å²) in [6.45, 7) is 3.39. The lowest BCUT2D eigenvalue weighted by molar-refractivity contribution is 0.497. The van der Waals surface area contributed by atoms with E-state index in [0.29, 0.717) is 0 Å². The summed E-state index contributed by atoms with van der Waals surface area (Å²) in [5.41, 5.74) is 9.18. The number of hydrogen-bond acceptors (Lipinski definition) is 2. The molecule has 2 N–H and O–H groups in total. The molecule has 0 aromatic carbocycles. The first-order valence-corrected chi connectivity index (χ1v) is 7.08. The highest BCUT2D eigenvalue weighted by Gasteiger charge is 2.37. The number of nitrogens with two attached hydrogens (primary N) is 1. The monoisotopic (exact) mass is 233 g/mol. The maximum atomic E-state index is 6.20. The third-order valence-electron chi connectivity index (χ3n) is 4.35. The smallest absolute Gasteiger partial charge is 0.109 e. The first kappa shape index (κ1) is 11.3. The van der Waals surface area contributed by atoms with E-state index >= 15 is 0 Å². The molecule has 1 aliphatic heterocycles. The third kappa shape index (κ3) is 2.13. The molecule has 1 saturated carbocycles. The molecule has 94 valence electrons. The Hall–Kier alpha value is -0.830. The summed E-state index contributed by atoms with van der Waals surface area (Å²) in [7, 11) is 0. The van der Waals surface area contributed by atoms with Crippen molar-refractivity contribution >= 4 is 0 Å². The van der Waals surface area contributed by atoms with E-state index in [2.05, 4.69) is 11.5 Å². The maximum absolute atomic E-state index is 6.20. The van der Waals surface area contributed by atoms with E-state index in [9.17, 15) is 0 Å². The van der Waals surface area contributed by atoms with Crippen molar-refractivity contribution in [2.45, 2.75) is 70.4 Å². The minimum atomic E-state index is 0.171. The molecule has 0 amide bonds. The van der Waals surface area contributed by atoms with Gasteiger partial charge < -0.3 is 10.3 Å². The first-order valence-electron chi connectivity index (χ1n) is 7.08. The van der Waals surface area contributed by atoms with E-state index < -0.39 is 0 Å². The van der Waals surface area contributed by atoms with Crippen molar-refractivity contribution in [1.29, 1.82) is 0 Å². The Balaban J connectivity index is 1.82. The molecule has 1 aliphatic carbocycles. The molecule has 0 saturated heterocycles. The average Bonchev–Trinajstić information content (AvgIpc) is 2.97. The molecule has 0 unspecified atom stereocenters. The van der Waals surface area contributed by atoms with Crippen LogP contribution in [-0.2, 0) is 25.8 Å². The Kier molecular flexibility index (Phi) is 2.74. The number of fused-ring (bicyclic) bond motifs is 1. The fraction of sp³-hybridized carbons (Fsp3) is 0.786. The van der Waals surface area contributed by atoms with E-state index in [-0.39, 0.29) is 5.54 Å². The lowest BCUT2D eigenvalue weighted by Crippen LogP contribution is -2.23. The molecule has 2 aliphatic rings. The third-order valence-corrected chi connectivity index (χ3v) is 4.35. The van der Waals surface area contributed by atoms with Gasteiger partial charge in [0.15, 0.2) is 0 Å². The van der Waals surface area contributed by atoms with Crippen LogP contribution in [0.3, 0.4) is 0 Å². The molecule has 1 aromatic heterocycles. The van der Waals surface area contributed by atoms with Crippen molar-refractivity contribution in [3.05, 3.63) is 17.2 Å². The minimum absolute atomic E-state index is 0.171. The van der Waals surface area contributed by atoms with E-state index in [0.717, 1.165) is 19.3 Å². The van der Waals surface area contributed by atoms with Crippen molar-refractivity contribution in [2.75, 3.05) is 0 Å². The standard InChI is InChI=1S/C14H23N3/c1-2-11-12(6-7-14(15)8-9-14)17-10-4-3-5-13(17)16-11/h2-10,15H2,1H3. The summed E-state index contributed by atoms with van der Waals surface area (Å²) in [4.78, 5) is 4.81. The van der Waals surface area contributed by atoms with Gasteiger partial charge >= 0.3 is 0 Å². The molecule has 2 heterocycles. The van der Waals surface area contributed by atoms with Gasteiger partial charge in [0.05, 0.1) is 5.69 Å². The van der Waals surface area contributed by atoms with Gasteiger partial charge in [-0.25, -0.2) is 4.98 Å². The number of aromatic nitrogens is 2. The zero-order valence-corrected chi connectivity index (χ0v) is 10.8. The summed E-state index contributed by atoms with van der Waals surface area (Å²) >= 11 is 0. The van der Waals surface area contributed by atoms with Crippen LogP contribution < -0.4 is 5.73 Å². The zero-order valence-electron chi connectivity index (χ0n) is 10.8. The lowest BCUT2D eigenvalue weighted by atomic mass is 10.1. The zero-order chi connectivity index (χ0) is 11.9. The SMILES string of the molecule is CCc1nc2n(c1CCC1(N)CC1)CCCC2. The van der Waals surface area contributed by atoms with E-state index in [1.54, 1.807) is 0 Å². The van der Waals surface area contributed by atoms with Crippen LogP contribution in [0.15, 0.2) is 0 Å². The molecular weight excluding hydrogens is 210 g/mol. The van der Waals surface area contributed by atoms with Gasteiger partial charge in [-0.3, -0.25) is 0 Å². The van der Waals surface area contributed by atoms with Gasteiger partial charge in [0, 0.05) is 24.2 Å². The van der Waals surface area contributed by atoms with E-state index in [1.807, 2.05) is 0 Å². The largest absolute Gasteiger partial charge is 0.332 e. The van der Waals surface area contributed by atoms with Crippen LogP contribution in [0.5, 0.6) is 0 Å². The van der Waals surface area contributed by atoms with Crippen molar-refractivity contribution in [3.63, 3.8) is 0 Å². The topological polar surface area (TPSA) is 43.8 Å². The Morgan fingerprint density at radius 1 is 1.35 bits per heavy atom. The van der Waals surface area contributed by atoms with Crippen molar-refractivity contribution in [1.82, 2.24) is 9.55 Å². The molecule has 17 heavy (non-hydrogen) atoms. The van der Waals surface area contributed by atoms with E-state index in [1.165, 1.54) is 55.9 Å². The van der Waals surface area contributed by atoms with Crippen LogP contribution in [0.1, 0.15) is 56.2 Å². The first-order chi connectivity index (χ1) is 8.22. The Morgan fingerprint density at radius 2 is 2.18 bits per heavy atom. The second-order valence-corrected chi connectivity index (χ2v) is 5.75. The molecule has 3 nitrogen and oxygen atoms in total. The van der Waals surface area contributed by atoms with Gasteiger partial charge in [-0.2, -0.15) is 0 Å². The quantitative estimate of drug-likeness (QED) is 0.866. The van der Waals surface area contributed by atoms with Crippen molar-refractivity contribution < 1.29 is 0 Å². The van der Waals surface area contributed by atoms with Gasteiger partial charge in [0.2, 0.25) is 0 Å². The second kappa shape index (κ2) is 4.13. The van der Waals surface area contributed by atoms with Crippen molar-refractivity contribution in [3.8, 4) is 0 Å². The molecule has 1 aromatic rings. The highest BCUT2D eigenvalue weighted by molar-refractivity contribution is 5.20. The Bertz CT molecular complexity index is 415. The fourth-order valence-electron chi connectivity index (χ4n) is 2.94. The molecule has 1 fully saturated rings. The normalized spacial score (nSPS) is 21.3. The van der Waals surface area contributed by atoms with Crippen LogP contribution >= 0.6 is 0 Å². The van der Waals surface area contributed by atoms with Gasteiger partial charge in [-0.05, 0) is 44.9 Å². The highest BCUT2D eigenvalue weighted by atomic mass is 15.1.